The Morgan fingerprint density at radius 2 is 1.88 bits per heavy atom. The van der Waals surface area contributed by atoms with Gasteiger partial charge in [-0.2, -0.15) is 0 Å². The second kappa shape index (κ2) is 12.7. The van der Waals surface area contributed by atoms with Gasteiger partial charge in [-0.15, -0.1) is 13.2 Å². The topological polar surface area (TPSA) is 101 Å². The molecule has 1 aliphatic rings. The zero-order chi connectivity index (χ0) is 28.9. The van der Waals surface area contributed by atoms with Gasteiger partial charge in [0.2, 0.25) is 0 Å². The van der Waals surface area contributed by atoms with Crippen molar-refractivity contribution in [2.45, 2.75) is 20.1 Å². The Morgan fingerprint density at radius 3 is 2.55 bits per heavy atom. The molecule has 2 amide bonds. The molecule has 40 heavy (non-hydrogen) atoms. The van der Waals surface area contributed by atoms with Crippen LogP contribution in [0.4, 0.5) is 35.4 Å². The number of nitrogens with zero attached hydrogens (tertiary/aromatic N) is 4. The summed E-state index contributed by atoms with van der Waals surface area (Å²) in [7, 11) is 0. The molecule has 0 saturated carbocycles. The van der Waals surface area contributed by atoms with Gasteiger partial charge in [0.05, 0.1) is 18.5 Å². The number of thiazole rings is 1. The summed E-state index contributed by atoms with van der Waals surface area (Å²) in [6.45, 7) is 7.91. The van der Waals surface area contributed by atoms with E-state index in [0.717, 1.165) is 37.0 Å². The number of aliphatic hydroxyl groups excluding tert-OH is 1. The van der Waals surface area contributed by atoms with E-state index >= 15 is 0 Å². The number of alkyl halides is 3. The van der Waals surface area contributed by atoms with E-state index in [4.69, 9.17) is 5.11 Å². The fourth-order valence-corrected chi connectivity index (χ4v) is 5.09. The molecule has 0 radical (unpaired) electrons. The zero-order valence-electron chi connectivity index (χ0n) is 22.2. The minimum absolute atomic E-state index is 0.0912. The molecule has 0 atom stereocenters. The highest BCUT2D eigenvalue weighted by Gasteiger charge is 2.43. The van der Waals surface area contributed by atoms with Gasteiger partial charge >= 0.3 is 6.30 Å². The number of likely N-dealkylation sites (N-methyl/N-ethyl adjacent to an activating group) is 1. The number of anilines is 4. The number of aromatic nitrogens is 1. The Kier molecular flexibility index (Phi) is 9.28. The summed E-state index contributed by atoms with van der Waals surface area (Å²) in [6, 6.07) is 10.00. The molecule has 3 aromatic rings. The van der Waals surface area contributed by atoms with E-state index in [2.05, 4.69) is 32.3 Å². The molecule has 0 spiro atoms. The molecule has 1 aromatic heterocycles. The van der Waals surface area contributed by atoms with Crippen LogP contribution in [0.3, 0.4) is 0 Å². The van der Waals surface area contributed by atoms with E-state index in [9.17, 15) is 22.8 Å². The van der Waals surface area contributed by atoms with Crippen molar-refractivity contribution in [1.29, 1.82) is 0 Å². The third kappa shape index (κ3) is 6.90. The average molecular weight is 577 g/mol. The predicted molar refractivity (Wildman–Crippen MR) is 150 cm³/mol. The first-order chi connectivity index (χ1) is 19.1. The van der Waals surface area contributed by atoms with Crippen LogP contribution in [0.25, 0.3) is 0 Å². The number of halogens is 3. The molecule has 13 heteroatoms. The molecular weight excluding hydrogens is 545 g/mol. The van der Waals surface area contributed by atoms with Crippen molar-refractivity contribution >= 4 is 45.3 Å². The number of aliphatic hydroxyl groups is 1. The number of piperazine rings is 1. The fourth-order valence-electron chi connectivity index (χ4n) is 4.36. The van der Waals surface area contributed by atoms with Crippen molar-refractivity contribution in [3.05, 3.63) is 64.7 Å². The fraction of sp³-hybridized carbons (Fsp3) is 0.370. The molecule has 1 saturated heterocycles. The molecule has 0 bridgehead atoms. The third-order valence-electron chi connectivity index (χ3n) is 6.58. The number of carbonyl (C=O) groups excluding carboxylic acids is 2. The molecular formula is C27H31F3N6O3S. The van der Waals surface area contributed by atoms with Crippen LogP contribution in [-0.2, 0) is 0 Å². The van der Waals surface area contributed by atoms with Crippen LogP contribution in [0.2, 0.25) is 0 Å². The van der Waals surface area contributed by atoms with Crippen molar-refractivity contribution in [1.82, 2.24) is 9.88 Å². The Balaban J connectivity index is 1.57. The second-order valence-corrected chi connectivity index (χ2v) is 10.2. The van der Waals surface area contributed by atoms with Crippen LogP contribution in [0.15, 0.2) is 48.7 Å². The second-order valence-electron chi connectivity index (χ2n) is 9.21. The van der Waals surface area contributed by atoms with Gasteiger partial charge < -0.3 is 25.5 Å². The maximum Gasteiger partial charge on any atom is 0.491 e. The Hall–Kier alpha value is -3.68. The highest BCUT2D eigenvalue weighted by molar-refractivity contribution is 7.17. The van der Waals surface area contributed by atoms with E-state index in [-0.39, 0.29) is 34.2 Å². The van der Waals surface area contributed by atoms with Crippen molar-refractivity contribution in [2.75, 3.05) is 66.3 Å². The molecule has 9 nitrogen and oxygen atoms in total. The Morgan fingerprint density at radius 1 is 1.12 bits per heavy atom. The molecule has 3 N–H and O–H groups in total. The first-order valence-electron chi connectivity index (χ1n) is 12.8. The standard InChI is InChI=1S/C27H31F3N6O3S/c1-3-34-10-12-35(13-11-34)20-6-4-5-19(15-20)25(39)36(27(28,29)30)21-8-7-18(2)22(16-21)33-24(38)23-17-32-26(40-23)31-9-14-37/h4-8,15-17,37H,3,9-14H2,1-2H3,(H,31,32)(H,33,38). The number of amides is 2. The van der Waals surface area contributed by atoms with Crippen molar-refractivity contribution in [2.24, 2.45) is 0 Å². The maximum atomic E-state index is 14.3. The first kappa shape index (κ1) is 29.3. The van der Waals surface area contributed by atoms with Crippen LogP contribution in [0.5, 0.6) is 0 Å². The molecule has 1 aliphatic heterocycles. The molecule has 214 valence electrons. The number of aryl methyl sites for hydroxylation is 1. The lowest BCUT2D eigenvalue weighted by molar-refractivity contribution is -0.122. The number of nitrogens with one attached hydrogen (secondary N) is 2. The lowest BCUT2D eigenvalue weighted by atomic mass is 10.1. The highest BCUT2D eigenvalue weighted by Crippen LogP contribution is 2.34. The van der Waals surface area contributed by atoms with Crippen LogP contribution in [-0.4, -0.2) is 79.0 Å². The number of carbonyl (C=O) groups is 2. The summed E-state index contributed by atoms with van der Waals surface area (Å²) in [5, 5.41) is 14.8. The lowest BCUT2D eigenvalue weighted by Gasteiger charge is -2.35. The van der Waals surface area contributed by atoms with E-state index in [0.29, 0.717) is 29.5 Å². The summed E-state index contributed by atoms with van der Waals surface area (Å²) in [6.07, 6.45) is -3.68. The summed E-state index contributed by atoms with van der Waals surface area (Å²) in [5.74, 6) is -1.78. The minimum Gasteiger partial charge on any atom is -0.395 e. The van der Waals surface area contributed by atoms with Crippen LogP contribution in [0.1, 0.15) is 32.5 Å². The van der Waals surface area contributed by atoms with Gasteiger partial charge in [-0.1, -0.05) is 30.4 Å². The van der Waals surface area contributed by atoms with Crippen LogP contribution < -0.4 is 20.4 Å². The Bertz CT molecular complexity index is 1340. The van der Waals surface area contributed by atoms with Gasteiger partial charge in [0.15, 0.2) is 5.13 Å². The van der Waals surface area contributed by atoms with E-state index < -0.39 is 23.8 Å². The molecule has 0 unspecified atom stereocenters. The summed E-state index contributed by atoms with van der Waals surface area (Å²) in [5.41, 5.74) is 0.827. The minimum atomic E-state index is -5.01. The molecule has 2 aromatic carbocycles. The largest absolute Gasteiger partial charge is 0.491 e. The molecule has 4 rings (SSSR count). The van der Waals surface area contributed by atoms with Crippen LogP contribution >= 0.6 is 11.3 Å². The highest BCUT2D eigenvalue weighted by atomic mass is 32.1. The van der Waals surface area contributed by atoms with Crippen molar-refractivity contribution in [3.63, 3.8) is 0 Å². The van der Waals surface area contributed by atoms with Crippen molar-refractivity contribution in [3.8, 4) is 0 Å². The van der Waals surface area contributed by atoms with Crippen molar-refractivity contribution < 1.29 is 27.9 Å². The SMILES string of the molecule is CCN1CCN(c2cccc(C(=O)N(c3ccc(C)c(NC(=O)c4cnc(NCCO)s4)c3)C(F)(F)F)c2)CC1. The summed E-state index contributed by atoms with van der Waals surface area (Å²) in [4.78, 5) is 34.5. The summed E-state index contributed by atoms with van der Waals surface area (Å²) >= 11 is 1.04. The van der Waals surface area contributed by atoms with Gasteiger partial charge in [-0.3, -0.25) is 9.59 Å². The van der Waals surface area contributed by atoms with E-state index in [1.807, 2.05) is 0 Å². The van der Waals surface area contributed by atoms with E-state index in [1.165, 1.54) is 30.5 Å². The lowest BCUT2D eigenvalue weighted by Crippen LogP contribution is -2.46. The van der Waals surface area contributed by atoms with Gasteiger partial charge in [-0.05, 0) is 49.4 Å². The third-order valence-corrected chi connectivity index (χ3v) is 7.53. The number of rotatable bonds is 9. The van der Waals surface area contributed by atoms with Gasteiger partial charge in [0.1, 0.15) is 4.88 Å². The predicted octanol–water partition coefficient (Wildman–Crippen LogP) is 4.42. The maximum absolute atomic E-state index is 14.3. The smallest absolute Gasteiger partial charge is 0.395 e. The van der Waals surface area contributed by atoms with Gasteiger partial charge in [0.25, 0.3) is 11.8 Å². The zero-order valence-corrected chi connectivity index (χ0v) is 23.0. The number of hydrogen-bond acceptors (Lipinski definition) is 8. The molecule has 1 fully saturated rings. The normalized spacial score (nSPS) is 14.2. The average Bonchev–Trinajstić information content (AvgIpc) is 3.42. The monoisotopic (exact) mass is 576 g/mol. The first-order valence-corrected chi connectivity index (χ1v) is 13.6. The number of hydrogen-bond donors (Lipinski definition) is 3. The molecule has 2 heterocycles. The van der Waals surface area contributed by atoms with Gasteiger partial charge in [0, 0.05) is 49.7 Å². The van der Waals surface area contributed by atoms with E-state index in [1.54, 1.807) is 19.1 Å². The molecule has 0 aliphatic carbocycles. The summed E-state index contributed by atoms with van der Waals surface area (Å²) < 4.78 is 42.9. The van der Waals surface area contributed by atoms with Crippen LogP contribution in [0, 0.1) is 6.92 Å². The Labute approximate surface area is 234 Å². The quantitative estimate of drug-likeness (QED) is 0.325. The number of benzene rings is 2. The van der Waals surface area contributed by atoms with Gasteiger partial charge in [-0.25, -0.2) is 9.88 Å².